The molecule has 4 nitrogen and oxygen atoms in total. The summed E-state index contributed by atoms with van der Waals surface area (Å²) in [5, 5.41) is 4.23. The Bertz CT molecular complexity index is 1350. The molecule has 0 amide bonds. The summed E-state index contributed by atoms with van der Waals surface area (Å²) in [5.41, 5.74) is 11.3. The summed E-state index contributed by atoms with van der Waals surface area (Å²) in [7, 11) is 2.15. The van der Waals surface area contributed by atoms with E-state index in [1.807, 2.05) is 12.1 Å². The van der Waals surface area contributed by atoms with E-state index in [0.717, 1.165) is 24.8 Å². The van der Waals surface area contributed by atoms with E-state index in [4.69, 9.17) is 11.6 Å². The zero-order chi connectivity index (χ0) is 25.4. The van der Waals surface area contributed by atoms with E-state index in [9.17, 15) is 0 Å². The third-order valence-corrected chi connectivity index (χ3v) is 7.53. The molecule has 36 heavy (non-hydrogen) atoms. The van der Waals surface area contributed by atoms with Crippen LogP contribution in [-0.2, 0) is 7.05 Å². The zero-order valence-corrected chi connectivity index (χ0v) is 22.6. The summed E-state index contributed by atoms with van der Waals surface area (Å²) < 4.78 is 2.30. The van der Waals surface area contributed by atoms with Gasteiger partial charge >= 0.3 is 0 Å². The van der Waals surface area contributed by atoms with Crippen molar-refractivity contribution in [3.8, 4) is 22.4 Å². The molecule has 0 radical (unpaired) electrons. The molecule has 4 aromatic rings. The summed E-state index contributed by atoms with van der Waals surface area (Å²) in [6.07, 6.45) is 0. The second-order valence-corrected chi connectivity index (χ2v) is 10.5. The molecule has 2 heterocycles. The molecular formula is C31H35ClN4. The Morgan fingerprint density at radius 1 is 0.806 bits per heavy atom. The van der Waals surface area contributed by atoms with Crippen molar-refractivity contribution in [3.05, 3.63) is 89.1 Å². The molecular weight excluding hydrogens is 464 g/mol. The van der Waals surface area contributed by atoms with E-state index in [-0.39, 0.29) is 0 Å². The number of halogens is 1. The maximum Gasteiger partial charge on any atom is 0.0904 e. The van der Waals surface area contributed by atoms with Crippen LogP contribution in [0.4, 0.5) is 17.1 Å². The number of nitrogens with one attached hydrogen (secondary N) is 1. The third kappa shape index (κ3) is 4.70. The Morgan fingerprint density at radius 3 is 2.14 bits per heavy atom. The molecule has 0 saturated carbocycles. The van der Waals surface area contributed by atoms with Gasteiger partial charge in [0.1, 0.15) is 0 Å². The van der Waals surface area contributed by atoms with Crippen LogP contribution in [0.2, 0.25) is 5.02 Å². The first-order chi connectivity index (χ1) is 17.3. The van der Waals surface area contributed by atoms with Crippen molar-refractivity contribution in [2.24, 2.45) is 7.05 Å². The largest absolute Gasteiger partial charge is 0.383 e. The quantitative estimate of drug-likeness (QED) is 0.294. The maximum atomic E-state index is 6.19. The fourth-order valence-corrected chi connectivity index (χ4v) is 5.34. The lowest BCUT2D eigenvalue weighted by atomic mass is 9.97. The van der Waals surface area contributed by atoms with Crippen molar-refractivity contribution in [1.82, 2.24) is 4.57 Å². The van der Waals surface area contributed by atoms with Crippen LogP contribution in [0.3, 0.4) is 0 Å². The van der Waals surface area contributed by atoms with Crippen LogP contribution in [0.1, 0.15) is 25.1 Å². The van der Waals surface area contributed by atoms with Gasteiger partial charge in [-0.15, -0.1) is 0 Å². The minimum atomic E-state index is 0.433. The van der Waals surface area contributed by atoms with Crippen LogP contribution in [-0.4, -0.2) is 30.4 Å². The van der Waals surface area contributed by atoms with Crippen LogP contribution in [0, 0.1) is 13.8 Å². The maximum absolute atomic E-state index is 6.19. The van der Waals surface area contributed by atoms with Crippen molar-refractivity contribution in [3.63, 3.8) is 0 Å². The average Bonchev–Trinajstić information content (AvgIpc) is 3.45. The molecule has 5 heteroatoms. The molecule has 1 fully saturated rings. The predicted molar refractivity (Wildman–Crippen MR) is 156 cm³/mol. The summed E-state index contributed by atoms with van der Waals surface area (Å²) >= 11 is 6.19. The number of rotatable bonds is 6. The first-order valence-electron chi connectivity index (χ1n) is 12.7. The highest BCUT2D eigenvalue weighted by atomic mass is 35.5. The SMILES string of the molecule is Cc1c(-c2cccc(N3CCN(c4ccc(NC(C)C)cc4)C3)c2)c(-c2ccc(Cl)cc2)n(C)c1C. The first kappa shape index (κ1) is 24.3. The Morgan fingerprint density at radius 2 is 1.47 bits per heavy atom. The second kappa shape index (κ2) is 9.94. The van der Waals surface area contributed by atoms with Crippen LogP contribution in [0.5, 0.6) is 0 Å². The zero-order valence-electron chi connectivity index (χ0n) is 21.8. The summed E-state index contributed by atoms with van der Waals surface area (Å²) in [5.74, 6) is 0. The smallest absolute Gasteiger partial charge is 0.0904 e. The van der Waals surface area contributed by atoms with E-state index in [2.05, 4.69) is 115 Å². The predicted octanol–water partition coefficient (Wildman–Crippen LogP) is 7.73. The van der Waals surface area contributed by atoms with Crippen LogP contribution < -0.4 is 15.1 Å². The van der Waals surface area contributed by atoms with Gasteiger partial charge < -0.3 is 19.7 Å². The second-order valence-electron chi connectivity index (χ2n) is 10.1. The topological polar surface area (TPSA) is 23.4 Å². The molecule has 0 spiro atoms. The highest BCUT2D eigenvalue weighted by Gasteiger charge is 2.23. The highest BCUT2D eigenvalue weighted by Crippen LogP contribution is 2.40. The molecule has 186 valence electrons. The van der Waals surface area contributed by atoms with Gasteiger partial charge in [0, 0.05) is 59.5 Å². The van der Waals surface area contributed by atoms with Crippen molar-refractivity contribution < 1.29 is 0 Å². The Hall–Kier alpha value is -3.37. The summed E-state index contributed by atoms with van der Waals surface area (Å²) in [6.45, 7) is 11.7. The van der Waals surface area contributed by atoms with Crippen LogP contribution >= 0.6 is 11.6 Å². The van der Waals surface area contributed by atoms with Crippen molar-refractivity contribution in [2.75, 3.05) is 34.9 Å². The van der Waals surface area contributed by atoms with Gasteiger partial charge in [0.05, 0.1) is 12.4 Å². The minimum Gasteiger partial charge on any atom is -0.383 e. The molecule has 1 N–H and O–H groups in total. The normalized spacial score (nSPS) is 13.6. The molecule has 3 aromatic carbocycles. The first-order valence-corrected chi connectivity index (χ1v) is 13.1. The van der Waals surface area contributed by atoms with Crippen LogP contribution in [0.15, 0.2) is 72.8 Å². The van der Waals surface area contributed by atoms with Gasteiger partial charge in [0.15, 0.2) is 0 Å². The van der Waals surface area contributed by atoms with E-state index < -0.39 is 0 Å². The Labute approximate surface area is 220 Å². The van der Waals surface area contributed by atoms with Gasteiger partial charge in [-0.05, 0) is 92.9 Å². The van der Waals surface area contributed by atoms with Gasteiger partial charge in [-0.2, -0.15) is 0 Å². The van der Waals surface area contributed by atoms with Gasteiger partial charge in [0.2, 0.25) is 0 Å². The third-order valence-electron chi connectivity index (χ3n) is 7.28. The molecule has 1 saturated heterocycles. The monoisotopic (exact) mass is 498 g/mol. The van der Waals surface area contributed by atoms with Crippen LogP contribution in [0.25, 0.3) is 22.4 Å². The number of aromatic nitrogens is 1. The van der Waals surface area contributed by atoms with E-state index >= 15 is 0 Å². The summed E-state index contributed by atoms with van der Waals surface area (Å²) in [4.78, 5) is 4.92. The average molecular weight is 499 g/mol. The number of benzene rings is 3. The van der Waals surface area contributed by atoms with E-state index in [1.165, 1.54) is 50.7 Å². The lowest BCUT2D eigenvalue weighted by Gasteiger charge is -2.22. The molecule has 0 atom stereocenters. The molecule has 1 aromatic heterocycles. The van der Waals surface area contributed by atoms with Gasteiger partial charge in [0.25, 0.3) is 0 Å². The van der Waals surface area contributed by atoms with E-state index in [0.29, 0.717) is 6.04 Å². The van der Waals surface area contributed by atoms with Crippen molar-refractivity contribution >= 4 is 28.7 Å². The minimum absolute atomic E-state index is 0.433. The number of anilines is 3. The molecule has 5 rings (SSSR count). The lowest BCUT2D eigenvalue weighted by molar-refractivity contribution is 0.885. The number of hydrogen-bond donors (Lipinski definition) is 1. The Balaban J connectivity index is 1.42. The van der Waals surface area contributed by atoms with E-state index in [1.54, 1.807) is 0 Å². The van der Waals surface area contributed by atoms with Gasteiger partial charge in [-0.3, -0.25) is 0 Å². The fraction of sp³-hybridized carbons (Fsp3) is 0.290. The van der Waals surface area contributed by atoms with Crippen molar-refractivity contribution in [1.29, 1.82) is 0 Å². The van der Waals surface area contributed by atoms with Crippen molar-refractivity contribution in [2.45, 2.75) is 33.7 Å². The molecule has 1 aliphatic rings. The molecule has 1 aliphatic heterocycles. The van der Waals surface area contributed by atoms with Gasteiger partial charge in [-0.25, -0.2) is 0 Å². The number of hydrogen-bond acceptors (Lipinski definition) is 3. The fourth-order valence-electron chi connectivity index (χ4n) is 5.21. The highest BCUT2D eigenvalue weighted by molar-refractivity contribution is 6.30. The molecule has 0 unspecified atom stereocenters. The molecule has 0 bridgehead atoms. The van der Waals surface area contributed by atoms with Gasteiger partial charge in [-0.1, -0.05) is 35.9 Å². The standard InChI is InChI=1S/C31H35ClN4/c1-21(2)33-27-13-15-28(16-14-27)35-17-18-36(20-35)29-8-6-7-25(19-29)30-22(3)23(4)34(5)31(30)24-9-11-26(32)12-10-24/h6-16,19,21,33H,17-18,20H2,1-5H3. The molecule has 0 aliphatic carbocycles. The number of nitrogens with zero attached hydrogens (tertiary/aromatic N) is 3. The lowest BCUT2D eigenvalue weighted by Crippen LogP contribution is -2.24. The Kier molecular flexibility index (Phi) is 6.72. The summed E-state index contributed by atoms with van der Waals surface area (Å²) in [6, 6.07) is 26.4.